The quantitative estimate of drug-likeness (QED) is 0.821. The highest BCUT2D eigenvalue weighted by Crippen LogP contribution is 2.18. The van der Waals surface area contributed by atoms with Gasteiger partial charge in [0, 0.05) is 38.1 Å². The van der Waals surface area contributed by atoms with Crippen molar-refractivity contribution < 1.29 is 4.79 Å². The Morgan fingerprint density at radius 1 is 1.56 bits per heavy atom. The molecule has 2 heterocycles. The number of carbonyl (C=O) groups is 1. The van der Waals surface area contributed by atoms with E-state index in [4.69, 9.17) is 11.6 Å². The number of aromatic nitrogens is 1. The maximum absolute atomic E-state index is 12.4. The zero-order valence-electron chi connectivity index (χ0n) is 10.8. The van der Waals surface area contributed by atoms with Crippen LogP contribution in [0.1, 0.15) is 23.7 Å². The third-order valence-electron chi connectivity index (χ3n) is 3.53. The normalized spacial score (nSPS) is 21.1. The molecule has 0 N–H and O–H groups in total. The van der Waals surface area contributed by atoms with E-state index in [-0.39, 0.29) is 5.91 Å². The van der Waals surface area contributed by atoms with Crippen molar-refractivity contribution in [3.8, 4) is 0 Å². The Morgan fingerprint density at radius 3 is 3.00 bits per heavy atom. The summed E-state index contributed by atoms with van der Waals surface area (Å²) in [5, 5.41) is 0.474. The van der Waals surface area contributed by atoms with Crippen molar-refractivity contribution in [2.75, 3.05) is 26.7 Å². The minimum Gasteiger partial charge on any atom is -0.336 e. The Morgan fingerprint density at radius 2 is 2.33 bits per heavy atom. The van der Waals surface area contributed by atoms with Gasteiger partial charge in [0.15, 0.2) is 0 Å². The van der Waals surface area contributed by atoms with E-state index < -0.39 is 0 Å². The van der Waals surface area contributed by atoms with E-state index in [0.717, 1.165) is 26.1 Å². The van der Waals surface area contributed by atoms with E-state index in [9.17, 15) is 4.79 Å². The SMILES string of the molecule is CCC1CN(C(=O)c2cnccc2Cl)CCN1C. The average molecular weight is 268 g/mol. The van der Waals surface area contributed by atoms with Crippen LogP contribution >= 0.6 is 11.6 Å². The Kier molecular flexibility index (Phi) is 4.19. The number of rotatable bonds is 2. The monoisotopic (exact) mass is 267 g/mol. The molecule has 1 aliphatic rings. The van der Waals surface area contributed by atoms with E-state index in [2.05, 4.69) is 23.9 Å². The summed E-state index contributed by atoms with van der Waals surface area (Å²) in [5.41, 5.74) is 0.499. The van der Waals surface area contributed by atoms with Crippen molar-refractivity contribution in [3.63, 3.8) is 0 Å². The number of hydrogen-bond acceptors (Lipinski definition) is 3. The molecule has 18 heavy (non-hydrogen) atoms. The summed E-state index contributed by atoms with van der Waals surface area (Å²) in [5.74, 6) is -0.0142. The first-order valence-corrected chi connectivity index (χ1v) is 6.60. The van der Waals surface area contributed by atoms with Gasteiger partial charge in [-0.2, -0.15) is 0 Å². The van der Waals surface area contributed by atoms with Crippen LogP contribution in [-0.2, 0) is 0 Å². The van der Waals surface area contributed by atoms with Crippen LogP contribution < -0.4 is 0 Å². The van der Waals surface area contributed by atoms with Crippen LogP contribution in [0.25, 0.3) is 0 Å². The molecule has 1 fully saturated rings. The standard InChI is InChI=1S/C13H18ClN3O/c1-3-10-9-17(7-6-16(10)2)13(18)11-8-15-5-4-12(11)14/h4-5,8,10H,3,6-7,9H2,1-2H3. The zero-order chi connectivity index (χ0) is 13.1. The summed E-state index contributed by atoms with van der Waals surface area (Å²) in [6, 6.07) is 2.08. The number of nitrogens with zero attached hydrogens (tertiary/aromatic N) is 3. The van der Waals surface area contributed by atoms with Crippen molar-refractivity contribution in [2.45, 2.75) is 19.4 Å². The largest absolute Gasteiger partial charge is 0.336 e. The van der Waals surface area contributed by atoms with E-state index in [0.29, 0.717) is 16.6 Å². The van der Waals surface area contributed by atoms with Gasteiger partial charge < -0.3 is 4.90 Å². The molecule has 0 radical (unpaired) electrons. The van der Waals surface area contributed by atoms with E-state index in [1.54, 1.807) is 18.5 Å². The molecule has 4 nitrogen and oxygen atoms in total. The van der Waals surface area contributed by atoms with Gasteiger partial charge in [0.05, 0.1) is 10.6 Å². The topological polar surface area (TPSA) is 36.4 Å². The molecule has 1 unspecified atom stereocenters. The van der Waals surface area contributed by atoms with Crippen molar-refractivity contribution >= 4 is 17.5 Å². The van der Waals surface area contributed by atoms with Crippen LogP contribution in [0.15, 0.2) is 18.5 Å². The van der Waals surface area contributed by atoms with Gasteiger partial charge in [-0.3, -0.25) is 14.7 Å². The van der Waals surface area contributed by atoms with Gasteiger partial charge >= 0.3 is 0 Å². The molecule has 98 valence electrons. The molecule has 0 saturated carbocycles. The molecule has 1 aromatic heterocycles. The Hall–Kier alpha value is -1.13. The first kappa shape index (κ1) is 13.3. The second-order valence-electron chi connectivity index (χ2n) is 4.65. The van der Waals surface area contributed by atoms with Gasteiger partial charge in [-0.05, 0) is 19.5 Å². The van der Waals surface area contributed by atoms with Crippen LogP contribution in [0.3, 0.4) is 0 Å². The van der Waals surface area contributed by atoms with Gasteiger partial charge in [-0.1, -0.05) is 18.5 Å². The first-order valence-electron chi connectivity index (χ1n) is 6.22. The van der Waals surface area contributed by atoms with E-state index in [1.807, 2.05) is 4.90 Å². The lowest BCUT2D eigenvalue weighted by Gasteiger charge is -2.39. The summed E-state index contributed by atoms with van der Waals surface area (Å²) in [4.78, 5) is 20.5. The number of pyridine rings is 1. The van der Waals surface area contributed by atoms with Crippen LogP contribution in [0.4, 0.5) is 0 Å². The van der Waals surface area contributed by atoms with Crippen molar-refractivity contribution in [1.82, 2.24) is 14.8 Å². The second-order valence-corrected chi connectivity index (χ2v) is 5.06. The fourth-order valence-electron chi connectivity index (χ4n) is 2.28. The molecule has 1 atom stereocenters. The lowest BCUT2D eigenvalue weighted by Crippen LogP contribution is -2.53. The molecule has 1 aliphatic heterocycles. The average Bonchev–Trinajstić information content (AvgIpc) is 2.39. The van der Waals surface area contributed by atoms with E-state index >= 15 is 0 Å². The molecule has 0 bridgehead atoms. The first-order chi connectivity index (χ1) is 8.63. The molecular formula is C13H18ClN3O. The maximum atomic E-state index is 12.4. The third-order valence-corrected chi connectivity index (χ3v) is 3.86. The van der Waals surface area contributed by atoms with Crippen molar-refractivity contribution in [1.29, 1.82) is 0 Å². The molecule has 2 rings (SSSR count). The highest BCUT2D eigenvalue weighted by molar-refractivity contribution is 6.33. The van der Waals surface area contributed by atoms with Crippen molar-refractivity contribution in [3.05, 3.63) is 29.0 Å². The van der Waals surface area contributed by atoms with Crippen LogP contribution in [0.2, 0.25) is 5.02 Å². The number of likely N-dealkylation sites (N-methyl/N-ethyl adjacent to an activating group) is 1. The van der Waals surface area contributed by atoms with Crippen LogP contribution in [0, 0.1) is 0 Å². The zero-order valence-corrected chi connectivity index (χ0v) is 11.5. The molecule has 0 spiro atoms. The van der Waals surface area contributed by atoms with Gasteiger partial charge in [0.25, 0.3) is 5.91 Å². The number of piperazine rings is 1. The molecule has 5 heteroatoms. The molecule has 1 saturated heterocycles. The van der Waals surface area contributed by atoms with Crippen molar-refractivity contribution in [2.24, 2.45) is 0 Å². The minimum absolute atomic E-state index is 0.0142. The lowest BCUT2D eigenvalue weighted by atomic mass is 10.1. The van der Waals surface area contributed by atoms with Crippen LogP contribution in [0.5, 0.6) is 0 Å². The summed E-state index contributed by atoms with van der Waals surface area (Å²) in [7, 11) is 2.10. The predicted molar refractivity (Wildman–Crippen MR) is 71.9 cm³/mol. The second kappa shape index (κ2) is 5.67. The number of halogens is 1. The highest BCUT2D eigenvalue weighted by atomic mass is 35.5. The number of amides is 1. The van der Waals surface area contributed by atoms with E-state index in [1.165, 1.54) is 0 Å². The Labute approximate surface area is 113 Å². The Bertz CT molecular complexity index is 438. The minimum atomic E-state index is -0.0142. The molecule has 0 aromatic carbocycles. The third kappa shape index (κ3) is 2.65. The summed E-state index contributed by atoms with van der Waals surface area (Å²) < 4.78 is 0. The maximum Gasteiger partial charge on any atom is 0.257 e. The smallest absolute Gasteiger partial charge is 0.257 e. The summed E-state index contributed by atoms with van der Waals surface area (Å²) in [6.45, 7) is 4.56. The van der Waals surface area contributed by atoms with Gasteiger partial charge in [0.2, 0.25) is 0 Å². The van der Waals surface area contributed by atoms with Gasteiger partial charge in [-0.25, -0.2) is 0 Å². The van der Waals surface area contributed by atoms with Gasteiger partial charge in [-0.15, -0.1) is 0 Å². The summed E-state index contributed by atoms with van der Waals surface area (Å²) >= 11 is 6.04. The summed E-state index contributed by atoms with van der Waals surface area (Å²) in [6.07, 6.45) is 4.18. The molecular weight excluding hydrogens is 250 g/mol. The fraction of sp³-hybridized carbons (Fsp3) is 0.538. The Balaban J connectivity index is 2.13. The fourth-order valence-corrected chi connectivity index (χ4v) is 2.46. The molecule has 1 aromatic rings. The highest BCUT2D eigenvalue weighted by Gasteiger charge is 2.27. The molecule has 1 amide bonds. The number of hydrogen-bond donors (Lipinski definition) is 0. The molecule has 0 aliphatic carbocycles. The number of carbonyl (C=O) groups excluding carboxylic acids is 1. The predicted octanol–water partition coefficient (Wildman–Crippen LogP) is 1.90. The van der Waals surface area contributed by atoms with Gasteiger partial charge in [0.1, 0.15) is 0 Å². The van der Waals surface area contributed by atoms with Crippen LogP contribution in [-0.4, -0.2) is 53.4 Å². The lowest BCUT2D eigenvalue weighted by molar-refractivity contribution is 0.0541.